The van der Waals surface area contributed by atoms with Gasteiger partial charge < -0.3 is 10.4 Å². The maximum Gasteiger partial charge on any atom is 0.0681 e. The number of thioether (sulfide) groups is 1. The topological polar surface area (TPSA) is 32.3 Å². The van der Waals surface area contributed by atoms with Gasteiger partial charge in [-0.2, -0.15) is 11.8 Å². The molecular weight excluding hydrogens is 226 g/mol. The Labute approximate surface area is 100 Å². The molecule has 1 aromatic rings. The molecule has 0 unspecified atom stereocenters. The van der Waals surface area contributed by atoms with Crippen molar-refractivity contribution in [1.82, 2.24) is 5.32 Å². The third-order valence-electron chi connectivity index (χ3n) is 1.76. The molecule has 0 spiro atoms. The lowest BCUT2D eigenvalue weighted by Gasteiger charge is -2.15. The summed E-state index contributed by atoms with van der Waals surface area (Å²) in [6.45, 7) is 5.65. The first kappa shape index (κ1) is 13.0. The molecule has 1 heterocycles. The first-order valence-corrected chi connectivity index (χ1v) is 7.14. The van der Waals surface area contributed by atoms with Gasteiger partial charge in [0.25, 0.3) is 0 Å². The van der Waals surface area contributed by atoms with Crippen molar-refractivity contribution in [1.29, 1.82) is 0 Å². The van der Waals surface area contributed by atoms with Crippen molar-refractivity contribution in [2.75, 3.05) is 18.1 Å². The quantitative estimate of drug-likeness (QED) is 0.723. The molecule has 0 aliphatic rings. The SMILES string of the molecule is CC(C)(O)CSCCNCc1cccs1. The number of aliphatic hydroxyl groups is 1. The summed E-state index contributed by atoms with van der Waals surface area (Å²) in [6.07, 6.45) is 0. The molecule has 1 rings (SSSR count). The fraction of sp³-hybridized carbons (Fsp3) is 0.636. The van der Waals surface area contributed by atoms with E-state index in [0.717, 1.165) is 24.6 Å². The maximum absolute atomic E-state index is 9.48. The Hall–Kier alpha value is -0.0300. The minimum Gasteiger partial charge on any atom is -0.390 e. The molecule has 0 bridgehead atoms. The van der Waals surface area contributed by atoms with Crippen LogP contribution in [0.15, 0.2) is 17.5 Å². The Morgan fingerprint density at radius 3 is 2.93 bits per heavy atom. The van der Waals surface area contributed by atoms with E-state index in [2.05, 4.69) is 22.8 Å². The summed E-state index contributed by atoms with van der Waals surface area (Å²) in [5.74, 6) is 1.85. The molecule has 0 saturated heterocycles. The monoisotopic (exact) mass is 245 g/mol. The molecule has 0 aromatic carbocycles. The lowest BCUT2D eigenvalue weighted by molar-refractivity contribution is 0.107. The number of hydrogen-bond acceptors (Lipinski definition) is 4. The van der Waals surface area contributed by atoms with E-state index in [-0.39, 0.29) is 0 Å². The number of hydrogen-bond donors (Lipinski definition) is 2. The second kappa shape index (κ2) is 6.53. The van der Waals surface area contributed by atoms with Gasteiger partial charge in [-0.1, -0.05) is 6.07 Å². The molecule has 15 heavy (non-hydrogen) atoms. The van der Waals surface area contributed by atoms with Crippen molar-refractivity contribution in [3.8, 4) is 0 Å². The van der Waals surface area contributed by atoms with Crippen molar-refractivity contribution in [2.24, 2.45) is 0 Å². The molecule has 0 radical (unpaired) electrons. The van der Waals surface area contributed by atoms with Gasteiger partial charge in [0, 0.05) is 29.5 Å². The second-order valence-electron chi connectivity index (χ2n) is 4.12. The van der Waals surface area contributed by atoms with Crippen molar-refractivity contribution < 1.29 is 5.11 Å². The standard InChI is InChI=1S/C11H19NOS2/c1-11(2,13)9-14-7-5-12-8-10-4-3-6-15-10/h3-4,6,12-13H,5,7-9H2,1-2H3. The average molecular weight is 245 g/mol. The van der Waals surface area contributed by atoms with Crippen LogP contribution in [-0.2, 0) is 6.54 Å². The lowest BCUT2D eigenvalue weighted by Crippen LogP contribution is -2.23. The van der Waals surface area contributed by atoms with E-state index in [1.54, 1.807) is 23.1 Å². The Balaban J connectivity index is 1.94. The zero-order valence-electron chi connectivity index (χ0n) is 9.32. The molecule has 0 saturated carbocycles. The molecule has 0 aliphatic carbocycles. The highest BCUT2D eigenvalue weighted by Crippen LogP contribution is 2.11. The fourth-order valence-electron chi connectivity index (χ4n) is 1.09. The van der Waals surface area contributed by atoms with Gasteiger partial charge >= 0.3 is 0 Å². The summed E-state index contributed by atoms with van der Waals surface area (Å²) >= 11 is 3.57. The van der Waals surface area contributed by atoms with Gasteiger partial charge in [0.1, 0.15) is 0 Å². The fourth-order valence-corrected chi connectivity index (χ4v) is 2.70. The normalized spacial score (nSPS) is 11.9. The molecule has 86 valence electrons. The molecule has 4 heteroatoms. The van der Waals surface area contributed by atoms with Gasteiger partial charge in [0.15, 0.2) is 0 Å². The molecule has 0 atom stereocenters. The van der Waals surface area contributed by atoms with E-state index < -0.39 is 5.60 Å². The van der Waals surface area contributed by atoms with E-state index in [0.29, 0.717) is 0 Å². The zero-order chi connectivity index (χ0) is 11.1. The Morgan fingerprint density at radius 1 is 1.53 bits per heavy atom. The van der Waals surface area contributed by atoms with Crippen LogP contribution in [0.1, 0.15) is 18.7 Å². The Bertz CT molecular complexity index is 254. The number of thiophene rings is 1. The highest BCUT2D eigenvalue weighted by Gasteiger charge is 2.11. The summed E-state index contributed by atoms with van der Waals surface area (Å²) in [4.78, 5) is 1.38. The van der Waals surface area contributed by atoms with Gasteiger partial charge in [-0.05, 0) is 25.3 Å². The predicted molar refractivity (Wildman–Crippen MR) is 69.6 cm³/mol. The van der Waals surface area contributed by atoms with Gasteiger partial charge in [0.2, 0.25) is 0 Å². The third kappa shape index (κ3) is 6.95. The summed E-state index contributed by atoms with van der Waals surface area (Å²) in [5.41, 5.74) is -0.543. The van der Waals surface area contributed by atoms with Crippen LogP contribution in [0.5, 0.6) is 0 Å². The van der Waals surface area contributed by atoms with Crippen molar-refractivity contribution in [3.63, 3.8) is 0 Å². The van der Waals surface area contributed by atoms with Gasteiger partial charge in [-0.15, -0.1) is 11.3 Å². The molecule has 2 N–H and O–H groups in total. The molecule has 0 amide bonds. The van der Waals surface area contributed by atoms with E-state index in [1.165, 1.54) is 4.88 Å². The summed E-state index contributed by atoms with van der Waals surface area (Å²) in [6, 6.07) is 4.21. The van der Waals surface area contributed by atoms with E-state index in [1.807, 2.05) is 13.8 Å². The first-order valence-electron chi connectivity index (χ1n) is 5.11. The largest absolute Gasteiger partial charge is 0.390 e. The molecular formula is C11H19NOS2. The van der Waals surface area contributed by atoms with Crippen molar-refractivity contribution >= 4 is 23.1 Å². The Morgan fingerprint density at radius 2 is 2.33 bits per heavy atom. The summed E-state index contributed by atoms with van der Waals surface area (Å²) in [5, 5.41) is 15.0. The number of rotatable bonds is 7. The molecule has 0 aliphatic heterocycles. The van der Waals surface area contributed by atoms with Crippen molar-refractivity contribution in [3.05, 3.63) is 22.4 Å². The van der Waals surface area contributed by atoms with E-state index in [4.69, 9.17) is 0 Å². The van der Waals surface area contributed by atoms with Gasteiger partial charge in [0.05, 0.1) is 5.60 Å². The van der Waals surface area contributed by atoms with Crippen LogP contribution < -0.4 is 5.32 Å². The molecule has 1 aromatic heterocycles. The van der Waals surface area contributed by atoms with Gasteiger partial charge in [-0.25, -0.2) is 0 Å². The predicted octanol–water partition coefficient (Wildman–Crippen LogP) is 2.34. The van der Waals surface area contributed by atoms with Crippen LogP contribution >= 0.6 is 23.1 Å². The van der Waals surface area contributed by atoms with Crippen LogP contribution in [0.4, 0.5) is 0 Å². The first-order chi connectivity index (χ1) is 7.08. The van der Waals surface area contributed by atoms with Crippen LogP contribution in [-0.4, -0.2) is 28.8 Å². The van der Waals surface area contributed by atoms with Crippen molar-refractivity contribution in [2.45, 2.75) is 26.0 Å². The highest BCUT2D eigenvalue weighted by molar-refractivity contribution is 7.99. The lowest BCUT2D eigenvalue weighted by atomic mass is 10.2. The summed E-state index contributed by atoms with van der Waals surface area (Å²) < 4.78 is 0. The maximum atomic E-state index is 9.48. The minimum atomic E-state index is -0.543. The Kier molecular flexibility index (Phi) is 5.68. The minimum absolute atomic E-state index is 0.543. The zero-order valence-corrected chi connectivity index (χ0v) is 11.0. The van der Waals surface area contributed by atoms with Crippen LogP contribution in [0.2, 0.25) is 0 Å². The second-order valence-corrected chi connectivity index (χ2v) is 6.26. The van der Waals surface area contributed by atoms with E-state index in [9.17, 15) is 5.11 Å². The smallest absolute Gasteiger partial charge is 0.0681 e. The van der Waals surface area contributed by atoms with E-state index >= 15 is 0 Å². The summed E-state index contributed by atoms with van der Waals surface area (Å²) in [7, 11) is 0. The van der Waals surface area contributed by atoms with Crippen LogP contribution in [0, 0.1) is 0 Å². The highest BCUT2D eigenvalue weighted by atomic mass is 32.2. The van der Waals surface area contributed by atoms with Crippen LogP contribution in [0.25, 0.3) is 0 Å². The molecule has 0 fully saturated rings. The van der Waals surface area contributed by atoms with Gasteiger partial charge in [-0.3, -0.25) is 0 Å². The molecule has 2 nitrogen and oxygen atoms in total. The van der Waals surface area contributed by atoms with Crippen LogP contribution in [0.3, 0.4) is 0 Å². The third-order valence-corrected chi connectivity index (χ3v) is 4.04. The number of nitrogens with one attached hydrogen (secondary N) is 1. The average Bonchev–Trinajstić information content (AvgIpc) is 2.61.